The zero-order valence-corrected chi connectivity index (χ0v) is 10.7. The highest BCUT2D eigenvalue weighted by molar-refractivity contribution is 5.12. The summed E-state index contributed by atoms with van der Waals surface area (Å²) in [6.45, 7) is 4.67. The predicted octanol–water partition coefficient (Wildman–Crippen LogP) is 0.833. The van der Waals surface area contributed by atoms with Crippen molar-refractivity contribution in [3.05, 3.63) is 23.8 Å². The van der Waals surface area contributed by atoms with Crippen LogP contribution in [0.25, 0.3) is 0 Å². The fourth-order valence-corrected chi connectivity index (χ4v) is 1.76. The van der Waals surface area contributed by atoms with Gasteiger partial charge in [-0.15, -0.1) is 0 Å². The molecule has 0 radical (unpaired) electrons. The molecule has 0 aliphatic carbocycles. The number of hydrogen-bond donors (Lipinski definition) is 2. The molecule has 2 atom stereocenters. The third-order valence-corrected chi connectivity index (χ3v) is 2.71. The Labute approximate surface area is 102 Å². The lowest BCUT2D eigenvalue weighted by Crippen LogP contribution is -2.36. The molecule has 2 unspecified atom stereocenters. The molecule has 0 bridgehead atoms. The second kappa shape index (κ2) is 7.32. The van der Waals surface area contributed by atoms with Gasteiger partial charge in [0.25, 0.3) is 0 Å². The first kappa shape index (κ1) is 14.0. The van der Waals surface area contributed by atoms with Crippen molar-refractivity contribution < 1.29 is 9.84 Å². The van der Waals surface area contributed by atoms with Crippen LogP contribution in [0.15, 0.2) is 12.4 Å². The van der Waals surface area contributed by atoms with E-state index in [4.69, 9.17) is 4.74 Å². The van der Waals surface area contributed by atoms with Gasteiger partial charge < -0.3 is 15.2 Å². The minimum absolute atomic E-state index is 0.0198. The van der Waals surface area contributed by atoms with Crippen molar-refractivity contribution >= 4 is 0 Å². The van der Waals surface area contributed by atoms with Crippen LogP contribution in [-0.4, -0.2) is 41.4 Å². The summed E-state index contributed by atoms with van der Waals surface area (Å²) in [4.78, 5) is 8.51. The summed E-state index contributed by atoms with van der Waals surface area (Å²) in [6.07, 6.45) is 4.14. The van der Waals surface area contributed by atoms with Crippen LogP contribution < -0.4 is 5.32 Å². The zero-order chi connectivity index (χ0) is 12.7. The Hall–Kier alpha value is -1.04. The van der Waals surface area contributed by atoms with Crippen molar-refractivity contribution in [1.82, 2.24) is 15.3 Å². The Balaban J connectivity index is 2.58. The lowest BCUT2D eigenvalue weighted by atomic mass is 10.1. The normalized spacial score (nSPS) is 14.6. The number of aliphatic hydroxyl groups excluding tert-OH is 1. The highest BCUT2D eigenvalue weighted by Gasteiger charge is 2.15. The van der Waals surface area contributed by atoms with Gasteiger partial charge >= 0.3 is 0 Å². The number of ether oxygens (including phenoxy) is 1. The van der Waals surface area contributed by atoms with Gasteiger partial charge in [0.05, 0.1) is 18.0 Å². The maximum atomic E-state index is 9.26. The molecule has 96 valence electrons. The van der Waals surface area contributed by atoms with E-state index in [0.717, 1.165) is 17.8 Å². The number of nitrogens with zero attached hydrogens (tertiary/aromatic N) is 2. The Morgan fingerprint density at radius 2 is 2.12 bits per heavy atom. The molecule has 1 rings (SSSR count). The fraction of sp³-hybridized carbons (Fsp3) is 0.667. The van der Waals surface area contributed by atoms with E-state index in [-0.39, 0.29) is 18.7 Å². The van der Waals surface area contributed by atoms with E-state index in [1.165, 1.54) is 0 Å². The largest absolute Gasteiger partial charge is 0.395 e. The van der Waals surface area contributed by atoms with E-state index in [0.29, 0.717) is 6.61 Å². The summed E-state index contributed by atoms with van der Waals surface area (Å²) in [7, 11) is 1.66. The Bertz CT molecular complexity index is 333. The van der Waals surface area contributed by atoms with E-state index in [9.17, 15) is 5.11 Å². The number of hydrogen-bond acceptors (Lipinski definition) is 5. The SMILES string of the molecule is COCCC(CO)NC(C)c1nccnc1C. The minimum Gasteiger partial charge on any atom is -0.395 e. The predicted molar refractivity (Wildman–Crippen MR) is 65.7 cm³/mol. The van der Waals surface area contributed by atoms with E-state index < -0.39 is 0 Å². The maximum absolute atomic E-state index is 9.26. The molecule has 0 amide bonds. The van der Waals surface area contributed by atoms with Gasteiger partial charge in [-0.2, -0.15) is 0 Å². The molecule has 1 aromatic rings. The first-order valence-corrected chi connectivity index (χ1v) is 5.82. The van der Waals surface area contributed by atoms with Gasteiger partial charge in [0.1, 0.15) is 0 Å². The molecule has 2 N–H and O–H groups in total. The number of aromatic nitrogens is 2. The van der Waals surface area contributed by atoms with Gasteiger partial charge in [-0.1, -0.05) is 0 Å². The van der Waals surface area contributed by atoms with Crippen LogP contribution in [0.2, 0.25) is 0 Å². The molecule has 0 aliphatic heterocycles. The van der Waals surface area contributed by atoms with Gasteiger partial charge in [0.2, 0.25) is 0 Å². The van der Waals surface area contributed by atoms with Crippen molar-refractivity contribution in [1.29, 1.82) is 0 Å². The molecule has 0 saturated carbocycles. The fourth-order valence-electron chi connectivity index (χ4n) is 1.76. The number of nitrogens with one attached hydrogen (secondary N) is 1. The summed E-state index contributed by atoms with van der Waals surface area (Å²) in [5, 5.41) is 12.6. The molecule has 0 fully saturated rings. The molecule has 1 aromatic heterocycles. The van der Waals surface area contributed by atoms with Crippen LogP contribution in [0.5, 0.6) is 0 Å². The topological polar surface area (TPSA) is 67.3 Å². The number of rotatable bonds is 7. The average molecular weight is 239 g/mol. The molecule has 17 heavy (non-hydrogen) atoms. The smallest absolute Gasteiger partial charge is 0.0782 e. The molecular formula is C12H21N3O2. The summed E-state index contributed by atoms with van der Waals surface area (Å²) >= 11 is 0. The van der Waals surface area contributed by atoms with Crippen molar-refractivity contribution in [2.75, 3.05) is 20.3 Å². The first-order valence-electron chi connectivity index (χ1n) is 5.82. The lowest BCUT2D eigenvalue weighted by Gasteiger charge is -2.21. The van der Waals surface area contributed by atoms with Crippen LogP contribution >= 0.6 is 0 Å². The molecular weight excluding hydrogens is 218 g/mol. The van der Waals surface area contributed by atoms with Crippen LogP contribution in [0, 0.1) is 6.92 Å². The summed E-state index contributed by atoms with van der Waals surface area (Å²) in [5.41, 5.74) is 1.83. The molecule has 0 spiro atoms. The summed E-state index contributed by atoms with van der Waals surface area (Å²) in [5.74, 6) is 0. The standard InChI is InChI=1S/C12H21N3O2/c1-9-12(14-6-5-13-9)10(2)15-11(8-16)4-7-17-3/h5-6,10-11,15-16H,4,7-8H2,1-3H3. The van der Waals surface area contributed by atoms with Crippen LogP contribution in [0.4, 0.5) is 0 Å². The quantitative estimate of drug-likeness (QED) is 0.738. The average Bonchev–Trinajstić information content (AvgIpc) is 2.34. The van der Waals surface area contributed by atoms with Crippen molar-refractivity contribution in [2.24, 2.45) is 0 Å². The second-order valence-corrected chi connectivity index (χ2v) is 4.08. The molecule has 0 aliphatic rings. The Kier molecular flexibility index (Phi) is 6.04. The Morgan fingerprint density at radius 3 is 2.71 bits per heavy atom. The summed E-state index contributed by atoms with van der Waals surface area (Å²) < 4.78 is 5.01. The molecule has 1 heterocycles. The van der Waals surface area contributed by atoms with Gasteiger partial charge in [-0.05, 0) is 20.3 Å². The molecule has 0 saturated heterocycles. The van der Waals surface area contributed by atoms with Gasteiger partial charge in [-0.25, -0.2) is 0 Å². The van der Waals surface area contributed by atoms with Gasteiger partial charge in [0, 0.05) is 38.2 Å². The van der Waals surface area contributed by atoms with Crippen molar-refractivity contribution in [2.45, 2.75) is 32.4 Å². The third-order valence-electron chi connectivity index (χ3n) is 2.71. The second-order valence-electron chi connectivity index (χ2n) is 4.08. The van der Waals surface area contributed by atoms with Crippen LogP contribution in [0.1, 0.15) is 30.8 Å². The van der Waals surface area contributed by atoms with Gasteiger partial charge in [-0.3, -0.25) is 9.97 Å². The highest BCUT2D eigenvalue weighted by Crippen LogP contribution is 2.13. The maximum Gasteiger partial charge on any atom is 0.0782 e. The van der Waals surface area contributed by atoms with E-state index in [1.54, 1.807) is 19.5 Å². The van der Waals surface area contributed by atoms with E-state index in [2.05, 4.69) is 15.3 Å². The lowest BCUT2D eigenvalue weighted by molar-refractivity contribution is 0.155. The van der Waals surface area contributed by atoms with Crippen molar-refractivity contribution in [3.63, 3.8) is 0 Å². The molecule has 0 aromatic carbocycles. The minimum atomic E-state index is 0.0198. The highest BCUT2D eigenvalue weighted by atomic mass is 16.5. The van der Waals surface area contributed by atoms with Crippen molar-refractivity contribution in [3.8, 4) is 0 Å². The first-order chi connectivity index (χ1) is 8.19. The number of aliphatic hydroxyl groups is 1. The van der Waals surface area contributed by atoms with E-state index >= 15 is 0 Å². The number of aryl methyl sites for hydroxylation is 1. The Morgan fingerprint density at radius 1 is 1.41 bits per heavy atom. The monoisotopic (exact) mass is 239 g/mol. The molecule has 5 nitrogen and oxygen atoms in total. The van der Waals surface area contributed by atoms with E-state index in [1.807, 2.05) is 13.8 Å². The van der Waals surface area contributed by atoms with Crippen LogP contribution in [-0.2, 0) is 4.74 Å². The zero-order valence-electron chi connectivity index (χ0n) is 10.7. The van der Waals surface area contributed by atoms with Gasteiger partial charge in [0.15, 0.2) is 0 Å². The third kappa shape index (κ3) is 4.38. The number of methoxy groups -OCH3 is 1. The summed E-state index contributed by atoms with van der Waals surface area (Å²) in [6, 6.07) is 0.0871. The van der Waals surface area contributed by atoms with Crippen LogP contribution in [0.3, 0.4) is 0 Å². The molecule has 5 heteroatoms.